The van der Waals surface area contributed by atoms with Crippen molar-refractivity contribution in [3.05, 3.63) is 35.9 Å². The van der Waals surface area contributed by atoms with E-state index in [1.165, 1.54) is 6.08 Å². The average molecular weight is 290 g/mol. The summed E-state index contributed by atoms with van der Waals surface area (Å²) in [5.74, 6) is -1.000. The van der Waals surface area contributed by atoms with Crippen LogP contribution in [-0.2, 0) is 4.79 Å². The lowest BCUT2D eigenvalue weighted by Gasteiger charge is -2.17. The minimum atomic E-state index is -1.000. The summed E-state index contributed by atoms with van der Waals surface area (Å²) in [4.78, 5) is 24.1. The molecule has 0 saturated heterocycles. The summed E-state index contributed by atoms with van der Waals surface area (Å²) < 4.78 is 0. The predicted molar refractivity (Wildman–Crippen MR) is 84.3 cm³/mol. The van der Waals surface area contributed by atoms with E-state index in [4.69, 9.17) is 5.11 Å². The van der Waals surface area contributed by atoms with E-state index < -0.39 is 5.97 Å². The van der Waals surface area contributed by atoms with Crippen molar-refractivity contribution in [2.75, 3.05) is 18.9 Å². The lowest BCUT2D eigenvalue weighted by molar-refractivity contribution is -0.131. The molecule has 21 heavy (non-hydrogen) atoms. The monoisotopic (exact) mass is 290 g/mol. The fourth-order valence-electron chi connectivity index (χ4n) is 1.81. The van der Waals surface area contributed by atoms with Crippen LogP contribution in [0.1, 0.15) is 31.7 Å². The molecule has 5 heteroatoms. The van der Waals surface area contributed by atoms with E-state index >= 15 is 0 Å². The van der Waals surface area contributed by atoms with Gasteiger partial charge in [0.2, 0.25) is 0 Å². The molecule has 0 aliphatic rings. The largest absolute Gasteiger partial charge is 0.478 e. The third-order valence-corrected chi connectivity index (χ3v) is 3.00. The molecule has 2 amide bonds. The number of carboxylic acids is 1. The number of carboxylic acid groups (broad SMARTS) is 1. The fourth-order valence-corrected chi connectivity index (χ4v) is 1.81. The van der Waals surface area contributed by atoms with Gasteiger partial charge in [0.15, 0.2) is 0 Å². The number of nitrogens with zero attached hydrogens (tertiary/aromatic N) is 1. The number of carbonyl (C=O) groups excluding carboxylic acids is 1. The standard InChI is InChI=1S/C16H22N2O3/c1-3-4-5-11-18(2)16(21)17-14-8-6-7-13(12-14)9-10-15(19)20/h6-10,12H,3-5,11H2,1-2H3,(H,17,21)(H,19,20)/b10-9+. The second kappa shape index (κ2) is 8.79. The van der Waals surface area contributed by atoms with Crippen molar-refractivity contribution in [2.24, 2.45) is 0 Å². The summed E-state index contributed by atoms with van der Waals surface area (Å²) in [6, 6.07) is 6.90. The second-order valence-electron chi connectivity index (χ2n) is 4.86. The fraction of sp³-hybridized carbons (Fsp3) is 0.375. The number of hydrogen-bond donors (Lipinski definition) is 2. The molecule has 0 saturated carbocycles. The van der Waals surface area contributed by atoms with Crippen LogP contribution in [0.3, 0.4) is 0 Å². The number of nitrogens with one attached hydrogen (secondary N) is 1. The van der Waals surface area contributed by atoms with Gasteiger partial charge in [0.25, 0.3) is 0 Å². The van der Waals surface area contributed by atoms with E-state index in [1.807, 2.05) is 0 Å². The Morgan fingerprint density at radius 1 is 1.33 bits per heavy atom. The molecule has 0 aliphatic carbocycles. The predicted octanol–water partition coefficient (Wildman–Crippen LogP) is 3.44. The summed E-state index contributed by atoms with van der Waals surface area (Å²) in [5.41, 5.74) is 1.37. The van der Waals surface area contributed by atoms with Gasteiger partial charge >= 0.3 is 12.0 Å². The molecule has 0 radical (unpaired) electrons. The Bertz CT molecular complexity index is 512. The molecule has 2 N–H and O–H groups in total. The SMILES string of the molecule is CCCCCN(C)C(=O)Nc1cccc(/C=C/C(=O)O)c1. The molecule has 0 atom stereocenters. The van der Waals surface area contributed by atoms with E-state index in [0.29, 0.717) is 5.69 Å². The molecule has 1 aromatic rings. The highest BCUT2D eigenvalue weighted by Crippen LogP contribution is 2.12. The van der Waals surface area contributed by atoms with Crippen LogP contribution < -0.4 is 5.32 Å². The number of benzene rings is 1. The Hall–Kier alpha value is -2.30. The number of aliphatic carboxylic acids is 1. The highest BCUT2D eigenvalue weighted by molar-refractivity contribution is 5.90. The average Bonchev–Trinajstić information content (AvgIpc) is 2.45. The minimum Gasteiger partial charge on any atom is -0.478 e. The van der Waals surface area contributed by atoms with Crippen molar-refractivity contribution < 1.29 is 14.7 Å². The van der Waals surface area contributed by atoms with Gasteiger partial charge in [0.1, 0.15) is 0 Å². The van der Waals surface area contributed by atoms with Crippen LogP contribution in [0, 0.1) is 0 Å². The highest BCUT2D eigenvalue weighted by Gasteiger charge is 2.08. The number of carbonyl (C=O) groups is 2. The number of anilines is 1. The van der Waals surface area contributed by atoms with Crippen LogP contribution in [-0.4, -0.2) is 35.6 Å². The van der Waals surface area contributed by atoms with Crippen molar-refractivity contribution in [3.8, 4) is 0 Å². The van der Waals surface area contributed by atoms with E-state index in [0.717, 1.165) is 37.4 Å². The normalized spacial score (nSPS) is 10.6. The van der Waals surface area contributed by atoms with Gasteiger partial charge in [-0.25, -0.2) is 9.59 Å². The molecular weight excluding hydrogens is 268 g/mol. The minimum absolute atomic E-state index is 0.162. The Morgan fingerprint density at radius 2 is 2.10 bits per heavy atom. The van der Waals surface area contributed by atoms with Crippen LogP contribution in [0.2, 0.25) is 0 Å². The molecule has 1 aromatic carbocycles. The Balaban J connectivity index is 2.59. The molecule has 0 aliphatic heterocycles. The quantitative estimate of drug-likeness (QED) is 0.597. The molecule has 114 valence electrons. The molecule has 5 nitrogen and oxygen atoms in total. The Morgan fingerprint density at radius 3 is 2.76 bits per heavy atom. The van der Waals surface area contributed by atoms with Crippen LogP contribution in [0.15, 0.2) is 30.3 Å². The molecule has 1 rings (SSSR count). The van der Waals surface area contributed by atoms with Crippen LogP contribution in [0.25, 0.3) is 6.08 Å². The van der Waals surface area contributed by atoms with Gasteiger partial charge in [0, 0.05) is 25.4 Å². The maximum atomic E-state index is 12.0. The third kappa shape index (κ3) is 6.61. The summed E-state index contributed by atoms with van der Waals surface area (Å²) in [6.45, 7) is 2.84. The van der Waals surface area contributed by atoms with Gasteiger partial charge in [-0.1, -0.05) is 31.9 Å². The van der Waals surface area contributed by atoms with Gasteiger partial charge < -0.3 is 15.3 Å². The van der Waals surface area contributed by atoms with Gasteiger partial charge in [0.05, 0.1) is 0 Å². The zero-order chi connectivity index (χ0) is 15.7. The summed E-state index contributed by atoms with van der Waals surface area (Å²) in [5, 5.41) is 11.4. The topological polar surface area (TPSA) is 69.6 Å². The van der Waals surface area contributed by atoms with Crippen molar-refractivity contribution in [1.29, 1.82) is 0 Å². The van der Waals surface area contributed by atoms with Crippen LogP contribution >= 0.6 is 0 Å². The smallest absolute Gasteiger partial charge is 0.328 e. The number of unbranched alkanes of at least 4 members (excludes halogenated alkanes) is 2. The zero-order valence-electron chi connectivity index (χ0n) is 12.5. The summed E-state index contributed by atoms with van der Waals surface area (Å²) >= 11 is 0. The number of urea groups is 1. The Kier molecular flexibility index (Phi) is 7.01. The maximum Gasteiger partial charge on any atom is 0.328 e. The molecule has 0 unspecified atom stereocenters. The number of amides is 2. The van der Waals surface area contributed by atoms with Crippen molar-refractivity contribution in [2.45, 2.75) is 26.2 Å². The number of rotatable bonds is 7. The van der Waals surface area contributed by atoms with Gasteiger partial charge in [-0.2, -0.15) is 0 Å². The first-order valence-electron chi connectivity index (χ1n) is 7.06. The lowest BCUT2D eigenvalue weighted by atomic mass is 10.2. The van der Waals surface area contributed by atoms with Crippen LogP contribution in [0.5, 0.6) is 0 Å². The van der Waals surface area contributed by atoms with Crippen molar-refractivity contribution in [3.63, 3.8) is 0 Å². The van der Waals surface area contributed by atoms with Crippen molar-refractivity contribution >= 4 is 23.8 Å². The first kappa shape index (κ1) is 16.8. The van der Waals surface area contributed by atoms with Crippen molar-refractivity contribution in [1.82, 2.24) is 4.90 Å². The van der Waals surface area contributed by atoms with Gasteiger partial charge in [-0.15, -0.1) is 0 Å². The highest BCUT2D eigenvalue weighted by atomic mass is 16.4. The van der Waals surface area contributed by atoms with Crippen LogP contribution in [0.4, 0.5) is 10.5 Å². The van der Waals surface area contributed by atoms with E-state index in [9.17, 15) is 9.59 Å². The lowest BCUT2D eigenvalue weighted by Crippen LogP contribution is -2.32. The molecular formula is C16H22N2O3. The molecule has 0 spiro atoms. The summed E-state index contributed by atoms with van der Waals surface area (Å²) in [7, 11) is 1.76. The van der Waals surface area contributed by atoms with E-state index in [-0.39, 0.29) is 6.03 Å². The third-order valence-electron chi connectivity index (χ3n) is 3.00. The maximum absolute atomic E-state index is 12.0. The van der Waals surface area contributed by atoms with Gasteiger partial charge in [-0.05, 0) is 30.2 Å². The van der Waals surface area contributed by atoms with E-state index in [2.05, 4.69) is 12.2 Å². The first-order chi connectivity index (χ1) is 10.0. The zero-order valence-corrected chi connectivity index (χ0v) is 12.5. The molecule has 0 heterocycles. The van der Waals surface area contributed by atoms with Gasteiger partial charge in [-0.3, -0.25) is 0 Å². The molecule has 0 fully saturated rings. The van der Waals surface area contributed by atoms with E-state index in [1.54, 1.807) is 36.2 Å². The summed E-state index contributed by atoms with van der Waals surface area (Å²) in [6.07, 6.45) is 5.77. The number of hydrogen-bond acceptors (Lipinski definition) is 2. The molecule has 0 bridgehead atoms. The second-order valence-corrected chi connectivity index (χ2v) is 4.86. The molecule has 0 aromatic heterocycles. The Labute approximate surface area is 125 Å². The first-order valence-corrected chi connectivity index (χ1v) is 7.06.